The Balaban J connectivity index is 2.02. The standard InChI is InChI=1S/C16H19ClN4/c1-3-21-10-12(7-19-21)9-20-11-13(8-18-2)15-5-4-14(17)6-16(15)20/h4-7,10-11,18H,3,8-9H2,1-2H3. The van der Waals surface area contributed by atoms with Gasteiger partial charge in [-0.15, -0.1) is 0 Å². The van der Waals surface area contributed by atoms with Crippen molar-refractivity contribution < 1.29 is 0 Å². The van der Waals surface area contributed by atoms with Crippen molar-refractivity contribution in [2.24, 2.45) is 0 Å². The van der Waals surface area contributed by atoms with Gasteiger partial charge in [0.15, 0.2) is 0 Å². The molecule has 0 fully saturated rings. The summed E-state index contributed by atoms with van der Waals surface area (Å²) in [6.45, 7) is 4.63. The van der Waals surface area contributed by atoms with Crippen LogP contribution in [0.25, 0.3) is 10.9 Å². The molecule has 1 N–H and O–H groups in total. The molecule has 2 heterocycles. The lowest BCUT2D eigenvalue weighted by Crippen LogP contribution is -2.04. The van der Waals surface area contributed by atoms with E-state index >= 15 is 0 Å². The van der Waals surface area contributed by atoms with Crippen molar-refractivity contribution in [3.8, 4) is 0 Å². The average molecular weight is 303 g/mol. The van der Waals surface area contributed by atoms with Gasteiger partial charge in [0, 0.05) is 41.5 Å². The maximum absolute atomic E-state index is 6.16. The van der Waals surface area contributed by atoms with Gasteiger partial charge in [-0.05, 0) is 31.7 Å². The molecule has 3 aromatic rings. The summed E-state index contributed by atoms with van der Waals surface area (Å²) in [5.41, 5.74) is 3.65. The predicted molar refractivity (Wildman–Crippen MR) is 86.7 cm³/mol. The molecule has 0 atom stereocenters. The van der Waals surface area contributed by atoms with E-state index in [0.29, 0.717) is 0 Å². The third-order valence-electron chi connectivity index (χ3n) is 3.66. The van der Waals surface area contributed by atoms with Gasteiger partial charge in [0.2, 0.25) is 0 Å². The molecule has 21 heavy (non-hydrogen) atoms. The lowest BCUT2D eigenvalue weighted by Gasteiger charge is -2.03. The molecular formula is C16H19ClN4. The van der Waals surface area contributed by atoms with E-state index in [-0.39, 0.29) is 0 Å². The van der Waals surface area contributed by atoms with Gasteiger partial charge in [0.25, 0.3) is 0 Å². The van der Waals surface area contributed by atoms with E-state index < -0.39 is 0 Å². The molecule has 0 saturated heterocycles. The summed E-state index contributed by atoms with van der Waals surface area (Å²) >= 11 is 6.16. The van der Waals surface area contributed by atoms with Gasteiger partial charge in [0.05, 0.1) is 18.3 Å². The van der Waals surface area contributed by atoms with Crippen LogP contribution in [0.1, 0.15) is 18.1 Å². The van der Waals surface area contributed by atoms with Gasteiger partial charge in [-0.3, -0.25) is 4.68 Å². The number of benzene rings is 1. The Kier molecular flexibility index (Phi) is 3.99. The molecule has 0 spiro atoms. The number of halogens is 1. The molecule has 0 unspecified atom stereocenters. The summed E-state index contributed by atoms with van der Waals surface area (Å²) in [5.74, 6) is 0. The smallest absolute Gasteiger partial charge is 0.0539 e. The topological polar surface area (TPSA) is 34.8 Å². The quantitative estimate of drug-likeness (QED) is 0.785. The van der Waals surface area contributed by atoms with Crippen molar-refractivity contribution >= 4 is 22.5 Å². The van der Waals surface area contributed by atoms with Crippen LogP contribution in [0.5, 0.6) is 0 Å². The van der Waals surface area contributed by atoms with Crippen LogP contribution in [0.4, 0.5) is 0 Å². The molecule has 5 heteroatoms. The maximum atomic E-state index is 6.16. The molecule has 0 aliphatic carbocycles. The zero-order valence-corrected chi connectivity index (χ0v) is 13.1. The van der Waals surface area contributed by atoms with E-state index in [4.69, 9.17) is 11.6 Å². The summed E-state index contributed by atoms with van der Waals surface area (Å²) in [5, 5.41) is 9.57. The van der Waals surface area contributed by atoms with Gasteiger partial charge in [0.1, 0.15) is 0 Å². The molecule has 3 rings (SSSR count). The third kappa shape index (κ3) is 2.82. The van der Waals surface area contributed by atoms with Crippen LogP contribution in [-0.2, 0) is 19.6 Å². The average Bonchev–Trinajstić information content (AvgIpc) is 3.05. The van der Waals surface area contributed by atoms with E-state index in [1.807, 2.05) is 30.1 Å². The van der Waals surface area contributed by atoms with Crippen molar-refractivity contribution in [3.05, 3.63) is 52.9 Å². The van der Waals surface area contributed by atoms with Crippen LogP contribution in [0, 0.1) is 0 Å². The fourth-order valence-corrected chi connectivity index (χ4v) is 2.83. The second kappa shape index (κ2) is 5.92. The van der Waals surface area contributed by atoms with Crippen LogP contribution in [-0.4, -0.2) is 21.4 Å². The third-order valence-corrected chi connectivity index (χ3v) is 3.89. The van der Waals surface area contributed by atoms with Gasteiger partial charge in [-0.25, -0.2) is 0 Å². The fourth-order valence-electron chi connectivity index (χ4n) is 2.66. The Bertz CT molecular complexity index is 757. The van der Waals surface area contributed by atoms with Crippen molar-refractivity contribution in [3.63, 3.8) is 0 Å². The molecule has 0 amide bonds. The Morgan fingerprint density at radius 2 is 2.14 bits per heavy atom. The Morgan fingerprint density at radius 3 is 2.86 bits per heavy atom. The number of nitrogens with zero attached hydrogens (tertiary/aromatic N) is 3. The lowest BCUT2D eigenvalue weighted by atomic mass is 10.2. The van der Waals surface area contributed by atoms with Crippen molar-refractivity contribution in [2.75, 3.05) is 7.05 Å². The molecule has 4 nitrogen and oxygen atoms in total. The summed E-state index contributed by atoms with van der Waals surface area (Å²) < 4.78 is 4.19. The minimum absolute atomic E-state index is 0.766. The minimum Gasteiger partial charge on any atom is -0.343 e. The zero-order valence-electron chi connectivity index (χ0n) is 12.3. The van der Waals surface area contributed by atoms with E-state index in [1.165, 1.54) is 16.5 Å². The van der Waals surface area contributed by atoms with Crippen molar-refractivity contribution in [1.82, 2.24) is 19.7 Å². The summed E-state index contributed by atoms with van der Waals surface area (Å²) in [6, 6.07) is 6.07. The largest absolute Gasteiger partial charge is 0.343 e. The van der Waals surface area contributed by atoms with Gasteiger partial charge < -0.3 is 9.88 Å². The maximum Gasteiger partial charge on any atom is 0.0539 e. The SMILES string of the molecule is CCn1cc(Cn2cc(CNC)c3ccc(Cl)cc32)cn1. The number of aromatic nitrogens is 3. The number of hydrogen-bond acceptors (Lipinski definition) is 2. The highest BCUT2D eigenvalue weighted by Crippen LogP contribution is 2.25. The second-order valence-electron chi connectivity index (χ2n) is 5.18. The number of nitrogens with one attached hydrogen (secondary N) is 1. The molecule has 2 aromatic heterocycles. The number of hydrogen-bond donors (Lipinski definition) is 1. The van der Waals surface area contributed by atoms with E-state index in [1.54, 1.807) is 0 Å². The van der Waals surface area contributed by atoms with Crippen LogP contribution in [0.15, 0.2) is 36.8 Å². The van der Waals surface area contributed by atoms with E-state index in [0.717, 1.165) is 30.2 Å². The van der Waals surface area contributed by atoms with Crippen LogP contribution < -0.4 is 5.32 Å². The number of aryl methyl sites for hydroxylation is 1. The summed E-state index contributed by atoms with van der Waals surface area (Å²) in [7, 11) is 1.96. The van der Waals surface area contributed by atoms with E-state index in [9.17, 15) is 0 Å². The Hall–Kier alpha value is -1.78. The van der Waals surface area contributed by atoms with Gasteiger partial charge >= 0.3 is 0 Å². The molecule has 110 valence electrons. The highest BCUT2D eigenvalue weighted by molar-refractivity contribution is 6.31. The molecule has 0 bridgehead atoms. The molecule has 1 aromatic carbocycles. The van der Waals surface area contributed by atoms with Crippen LogP contribution in [0.3, 0.4) is 0 Å². The number of rotatable bonds is 5. The highest BCUT2D eigenvalue weighted by Gasteiger charge is 2.09. The van der Waals surface area contributed by atoms with Crippen LogP contribution >= 0.6 is 11.6 Å². The first-order chi connectivity index (χ1) is 10.2. The predicted octanol–water partition coefficient (Wildman–Crippen LogP) is 3.28. The Labute approximate surface area is 129 Å². The molecule has 0 aliphatic rings. The van der Waals surface area contributed by atoms with Crippen molar-refractivity contribution in [2.45, 2.75) is 26.6 Å². The molecule has 0 radical (unpaired) electrons. The molecular weight excluding hydrogens is 284 g/mol. The monoisotopic (exact) mass is 302 g/mol. The minimum atomic E-state index is 0.766. The molecule has 0 saturated carbocycles. The lowest BCUT2D eigenvalue weighted by molar-refractivity contribution is 0.658. The summed E-state index contributed by atoms with van der Waals surface area (Å²) in [6.07, 6.45) is 6.21. The van der Waals surface area contributed by atoms with Crippen molar-refractivity contribution in [1.29, 1.82) is 0 Å². The normalized spacial score (nSPS) is 11.4. The van der Waals surface area contributed by atoms with E-state index in [2.05, 4.69) is 40.4 Å². The number of fused-ring (bicyclic) bond motifs is 1. The van der Waals surface area contributed by atoms with Gasteiger partial charge in [-0.2, -0.15) is 5.10 Å². The molecule has 0 aliphatic heterocycles. The summed E-state index contributed by atoms with van der Waals surface area (Å²) in [4.78, 5) is 0. The first-order valence-corrected chi connectivity index (χ1v) is 7.52. The first-order valence-electron chi connectivity index (χ1n) is 7.14. The first kappa shape index (κ1) is 14.2. The fraction of sp³-hybridized carbons (Fsp3) is 0.312. The zero-order chi connectivity index (χ0) is 14.8. The Morgan fingerprint density at radius 1 is 1.29 bits per heavy atom. The van der Waals surface area contributed by atoms with Crippen LogP contribution in [0.2, 0.25) is 5.02 Å². The van der Waals surface area contributed by atoms with Gasteiger partial charge in [-0.1, -0.05) is 17.7 Å². The second-order valence-corrected chi connectivity index (χ2v) is 5.61. The highest BCUT2D eigenvalue weighted by atomic mass is 35.5.